The largest absolute Gasteiger partial charge is 0.507 e. The standard InChI is InChI=1S/C51H64N4O14/c1-23-13-12-14-24(2)48(63)54-39-44(61)35-34(38-46(39)67-33-22-30(21-31(56)37(33)53-38)55-18-15-29(16-19-55)52-49(64)69-50(7,8)9)36-45(28(6)43(35)60)68-51(10,47(36)62)66-20-17-32(65-11)25(3)41(58)27(5)42(59)26(4)40(23)57/h12-14,17,20-23,25-27,29,32,40-42,57-60,62H,15-16,18-19H2,1-11H3,(H,52,64)(H,54,63)/b13-12+,20-17+,24-14-/t23-,25+,26+,27-,32-,40-,41+,42+,51-/m0/s1. The summed E-state index contributed by atoms with van der Waals surface area (Å²) in [5.74, 6) is -6.42. The third-order valence-corrected chi connectivity index (χ3v) is 13.7. The number of phenolic OH excluding ortho intramolecular Hbond substituents is 1. The maximum atomic E-state index is 14.9. The zero-order valence-electron chi connectivity index (χ0n) is 40.9. The second-order valence-corrected chi connectivity index (χ2v) is 19.9. The number of alkyl carbamates (subject to hydrolysis) is 1. The maximum absolute atomic E-state index is 14.9. The molecule has 3 aliphatic rings. The molecule has 7 N–H and O–H groups in total. The van der Waals surface area contributed by atoms with Gasteiger partial charge >= 0.3 is 11.9 Å². The zero-order chi connectivity index (χ0) is 50.6. The van der Waals surface area contributed by atoms with E-state index in [1.54, 1.807) is 66.7 Å². The van der Waals surface area contributed by atoms with Crippen LogP contribution in [0.15, 0.2) is 62.3 Å². The molecule has 4 heterocycles. The van der Waals surface area contributed by atoms with Crippen molar-refractivity contribution in [3.63, 3.8) is 0 Å². The molecule has 1 aromatic heterocycles. The molecule has 7 rings (SSSR count). The van der Waals surface area contributed by atoms with Gasteiger partial charge in [-0.3, -0.25) is 14.4 Å². The van der Waals surface area contributed by atoms with Crippen molar-refractivity contribution in [1.82, 2.24) is 10.3 Å². The van der Waals surface area contributed by atoms with Crippen molar-refractivity contribution in [2.45, 2.75) is 124 Å². The minimum atomic E-state index is -1.98. The molecule has 69 heavy (non-hydrogen) atoms. The molecule has 0 spiro atoms. The molecule has 18 nitrogen and oxygen atoms in total. The van der Waals surface area contributed by atoms with Gasteiger partial charge in [-0.05, 0) is 53.5 Å². The number of anilines is 2. The van der Waals surface area contributed by atoms with E-state index in [1.165, 1.54) is 52.4 Å². The van der Waals surface area contributed by atoms with Gasteiger partial charge in [0.25, 0.3) is 5.91 Å². The van der Waals surface area contributed by atoms with Crippen LogP contribution in [0.25, 0.3) is 38.7 Å². The number of amides is 2. The van der Waals surface area contributed by atoms with E-state index in [-0.39, 0.29) is 61.1 Å². The second kappa shape index (κ2) is 19.3. The number of aliphatic hydroxyl groups excluding tert-OH is 4. The Morgan fingerprint density at radius 1 is 0.928 bits per heavy atom. The van der Waals surface area contributed by atoms with Crippen molar-refractivity contribution in [3.8, 4) is 11.5 Å². The van der Waals surface area contributed by atoms with Gasteiger partial charge in [-0.2, -0.15) is 0 Å². The van der Waals surface area contributed by atoms with Gasteiger partial charge in [0.2, 0.25) is 10.9 Å². The number of phenols is 1. The van der Waals surface area contributed by atoms with Crippen LogP contribution in [0.2, 0.25) is 0 Å². The number of allylic oxidation sites excluding steroid dienone is 2. The van der Waals surface area contributed by atoms with Crippen LogP contribution in [-0.2, 0) is 19.0 Å². The summed E-state index contributed by atoms with van der Waals surface area (Å²) in [4.78, 5) is 62.2. The third-order valence-electron chi connectivity index (χ3n) is 13.7. The number of ether oxygens (including phenoxy) is 4. The lowest BCUT2D eigenvalue weighted by Gasteiger charge is -2.36. The fourth-order valence-corrected chi connectivity index (χ4v) is 9.42. The van der Waals surface area contributed by atoms with Crippen molar-refractivity contribution in [1.29, 1.82) is 0 Å². The van der Waals surface area contributed by atoms with Gasteiger partial charge in [0.15, 0.2) is 22.4 Å². The Morgan fingerprint density at radius 2 is 1.58 bits per heavy atom. The van der Waals surface area contributed by atoms with Crippen LogP contribution in [-0.4, -0.2) is 105 Å². The number of piperidine rings is 1. The van der Waals surface area contributed by atoms with Gasteiger partial charge in [-0.25, -0.2) is 9.78 Å². The predicted molar refractivity (Wildman–Crippen MR) is 260 cm³/mol. The lowest BCUT2D eigenvalue weighted by atomic mass is 9.78. The summed E-state index contributed by atoms with van der Waals surface area (Å²) >= 11 is 0. The fourth-order valence-electron chi connectivity index (χ4n) is 9.42. The number of aliphatic hydroxyl groups is 4. The van der Waals surface area contributed by atoms with Crippen molar-refractivity contribution < 1.29 is 58.5 Å². The summed E-state index contributed by atoms with van der Waals surface area (Å²) in [6.45, 7) is 17.5. The SMILES string of the molecule is CO[C@H]1/C=C/O[C@@]2(C)Oc3c(C)c(O)c4c(=O)c(c5oc6cc(N7CCC(NC(=O)OC(C)(C)C)CC7)cc(=O)c6nc5c4c3=C2O)NC(=O)/C(C)=C\C=C\[C@H](C)[C@H](O)[C@@H](C)[C@@H](O)[C@@H](C)[C@H](O)[C@@H]1C. The number of hydrogen-bond acceptors (Lipinski definition) is 16. The second-order valence-electron chi connectivity index (χ2n) is 19.9. The number of nitrogens with zero attached hydrogens (tertiary/aromatic N) is 2. The smallest absolute Gasteiger partial charge is 0.407 e. The number of aromatic hydroxyl groups is 1. The summed E-state index contributed by atoms with van der Waals surface area (Å²) in [6.07, 6.45) is 3.91. The van der Waals surface area contributed by atoms with Crippen LogP contribution < -0.4 is 36.3 Å². The highest BCUT2D eigenvalue weighted by atomic mass is 16.7. The Hall–Kier alpha value is -6.21. The molecule has 18 heteroatoms. The van der Waals surface area contributed by atoms with Gasteiger partial charge in [0, 0.05) is 91.2 Å². The fraction of sp³-hybridized carbons (Fsp3) is 0.510. The molecule has 1 saturated heterocycles. The first-order valence-electron chi connectivity index (χ1n) is 23.3. The summed E-state index contributed by atoms with van der Waals surface area (Å²) in [5, 5.41) is 63.1. The maximum Gasteiger partial charge on any atom is 0.407 e. The molecule has 0 saturated carbocycles. The zero-order valence-corrected chi connectivity index (χ0v) is 40.9. The molecule has 3 aliphatic heterocycles. The molecule has 372 valence electrons. The summed E-state index contributed by atoms with van der Waals surface area (Å²) in [6, 6.07) is 2.84. The Balaban J connectivity index is 1.41. The van der Waals surface area contributed by atoms with E-state index >= 15 is 0 Å². The Kier molecular flexibility index (Phi) is 14.2. The molecule has 0 aliphatic carbocycles. The first-order chi connectivity index (χ1) is 32.4. The third kappa shape index (κ3) is 9.71. The number of nitrogens with one attached hydrogen (secondary N) is 2. The van der Waals surface area contributed by atoms with Crippen LogP contribution in [0.1, 0.15) is 80.7 Å². The van der Waals surface area contributed by atoms with Crippen LogP contribution in [0.4, 0.5) is 16.2 Å². The van der Waals surface area contributed by atoms with E-state index in [2.05, 4.69) is 10.6 Å². The molecule has 4 bridgehead atoms. The molecule has 4 aromatic rings. The minimum Gasteiger partial charge on any atom is -0.507 e. The van der Waals surface area contributed by atoms with Crippen LogP contribution in [0.5, 0.6) is 11.5 Å². The topological polar surface area (TPSA) is 260 Å². The van der Waals surface area contributed by atoms with E-state index in [4.69, 9.17) is 28.3 Å². The summed E-state index contributed by atoms with van der Waals surface area (Å²) in [7, 11) is 1.44. The lowest BCUT2D eigenvalue weighted by Crippen LogP contribution is -2.46. The number of hydrogen-bond donors (Lipinski definition) is 7. The number of methoxy groups -OCH3 is 1. The summed E-state index contributed by atoms with van der Waals surface area (Å²) in [5.41, 5.74) is -2.47. The van der Waals surface area contributed by atoms with Gasteiger partial charge in [-0.1, -0.05) is 45.9 Å². The quantitative estimate of drug-likeness (QED) is 0.0990. The van der Waals surface area contributed by atoms with Crippen LogP contribution in [0, 0.1) is 30.6 Å². The number of carbonyl (C=O) groups is 2. The normalized spacial score (nSPS) is 29.4. The van der Waals surface area contributed by atoms with Gasteiger partial charge in [0.1, 0.15) is 28.3 Å². The van der Waals surface area contributed by atoms with Gasteiger partial charge in [-0.15, -0.1) is 0 Å². The monoisotopic (exact) mass is 956 g/mol. The molecule has 0 radical (unpaired) electrons. The molecular formula is C51H64N4O14. The van der Waals surface area contributed by atoms with Crippen molar-refractivity contribution in [2.24, 2.45) is 23.7 Å². The Bertz CT molecular complexity index is 2950. The summed E-state index contributed by atoms with van der Waals surface area (Å²) < 4.78 is 29.9. The average Bonchev–Trinajstić information content (AvgIpc) is 3.56. The Morgan fingerprint density at radius 3 is 2.23 bits per heavy atom. The number of rotatable bonds is 3. The van der Waals surface area contributed by atoms with Crippen LogP contribution >= 0.6 is 0 Å². The molecular weight excluding hydrogens is 893 g/mol. The van der Waals surface area contributed by atoms with E-state index in [0.717, 1.165) is 0 Å². The predicted octanol–water partition coefficient (Wildman–Crippen LogP) is 5.48. The number of carbonyl (C=O) groups excluding carboxylic acids is 2. The van der Waals surface area contributed by atoms with E-state index in [0.29, 0.717) is 31.6 Å². The first-order valence-corrected chi connectivity index (χ1v) is 23.3. The highest BCUT2D eigenvalue weighted by Gasteiger charge is 2.44. The molecule has 2 amide bonds. The van der Waals surface area contributed by atoms with E-state index in [9.17, 15) is 44.7 Å². The Labute approximate surface area is 398 Å². The van der Waals surface area contributed by atoms with Crippen LogP contribution in [0.3, 0.4) is 0 Å². The highest BCUT2D eigenvalue weighted by Crippen LogP contribution is 2.42. The number of benzene rings is 3. The minimum absolute atomic E-state index is 0.0272. The van der Waals surface area contributed by atoms with Gasteiger partial charge in [0.05, 0.1) is 41.3 Å². The van der Waals surface area contributed by atoms with E-state index in [1.807, 2.05) is 4.90 Å². The molecule has 9 atom stereocenters. The lowest BCUT2D eigenvalue weighted by molar-refractivity contribution is -0.112. The van der Waals surface area contributed by atoms with Gasteiger partial charge < -0.3 is 64.4 Å². The van der Waals surface area contributed by atoms with Crippen molar-refractivity contribution >= 4 is 62.1 Å². The van der Waals surface area contributed by atoms with E-state index < -0.39 is 99.5 Å². The number of fused-ring (bicyclic) bond motifs is 2. The highest BCUT2D eigenvalue weighted by molar-refractivity contribution is 6.16. The molecule has 0 unspecified atom stereocenters. The number of aromatic nitrogens is 1. The average molecular weight is 957 g/mol. The molecule has 1 fully saturated rings. The molecule has 3 aromatic carbocycles. The first kappa shape index (κ1) is 50.7. The van der Waals surface area contributed by atoms with Crippen molar-refractivity contribution in [3.05, 3.63) is 79.5 Å². The van der Waals surface area contributed by atoms with Crippen molar-refractivity contribution in [2.75, 3.05) is 30.4 Å².